The topological polar surface area (TPSA) is 78.3 Å². The van der Waals surface area contributed by atoms with Gasteiger partial charge in [0.25, 0.3) is 5.91 Å². The maximum Gasteiger partial charge on any atom is 0.295 e. The Morgan fingerprint density at radius 1 is 0.824 bits per heavy atom. The lowest BCUT2D eigenvalue weighted by Gasteiger charge is -2.10. The first-order valence-electron chi connectivity index (χ1n) is 10.7. The smallest absolute Gasteiger partial charge is 0.295 e. The summed E-state index contributed by atoms with van der Waals surface area (Å²) in [7, 11) is 3.20. The van der Waals surface area contributed by atoms with E-state index in [0.29, 0.717) is 17.3 Å². The first-order valence-corrected chi connectivity index (χ1v) is 10.7. The predicted octanol–water partition coefficient (Wildman–Crippen LogP) is 5.36. The normalized spacial score (nSPS) is 10.8. The molecule has 1 N–H and O–H groups in total. The molecule has 5 aromatic rings. The number of carbonyl (C=O) groups is 1. The highest BCUT2D eigenvalue weighted by atomic mass is 16.5. The van der Waals surface area contributed by atoms with E-state index in [1.807, 2.05) is 72.8 Å². The minimum absolute atomic E-state index is 0.0570. The zero-order valence-corrected chi connectivity index (χ0v) is 18.7. The Morgan fingerprint density at radius 2 is 1.56 bits per heavy atom. The molecule has 1 aromatic heterocycles. The molecule has 7 heteroatoms. The van der Waals surface area contributed by atoms with Gasteiger partial charge in [-0.3, -0.25) is 4.79 Å². The van der Waals surface area contributed by atoms with Crippen LogP contribution in [0.15, 0.2) is 91.0 Å². The van der Waals surface area contributed by atoms with E-state index in [1.54, 1.807) is 37.1 Å². The zero-order chi connectivity index (χ0) is 23.5. The molecule has 0 unspecified atom stereocenters. The van der Waals surface area contributed by atoms with E-state index in [-0.39, 0.29) is 5.82 Å². The Balaban J connectivity index is 1.61. The second kappa shape index (κ2) is 9.07. The third-order valence-electron chi connectivity index (χ3n) is 5.48. The average Bonchev–Trinajstić information content (AvgIpc) is 3.34. The number of methoxy groups -OCH3 is 2. The molecule has 5 rings (SSSR count). The summed E-state index contributed by atoms with van der Waals surface area (Å²) in [6, 6.07) is 28.7. The van der Waals surface area contributed by atoms with Crippen molar-refractivity contribution in [2.75, 3.05) is 19.5 Å². The van der Waals surface area contributed by atoms with Gasteiger partial charge in [-0.05, 0) is 47.9 Å². The molecule has 0 saturated heterocycles. The molecule has 0 spiro atoms. The molecule has 34 heavy (non-hydrogen) atoms. The third kappa shape index (κ3) is 4.06. The number of ether oxygens (including phenoxy) is 2. The molecule has 0 bridgehead atoms. The molecule has 1 heterocycles. The van der Waals surface area contributed by atoms with Crippen molar-refractivity contribution >= 4 is 22.4 Å². The Bertz CT molecular complexity index is 1470. The van der Waals surface area contributed by atoms with Gasteiger partial charge in [0, 0.05) is 22.7 Å². The lowest BCUT2D eigenvalue weighted by Crippen LogP contribution is -2.14. The van der Waals surface area contributed by atoms with Gasteiger partial charge in [0.2, 0.25) is 5.82 Å². The van der Waals surface area contributed by atoms with Crippen LogP contribution in [0.4, 0.5) is 5.69 Å². The molecule has 0 atom stereocenters. The van der Waals surface area contributed by atoms with Gasteiger partial charge in [-0.1, -0.05) is 42.5 Å². The van der Waals surface area contributed by atoms with Gasteiger partial charge < -0.3 is 14.8 Å². The average molecular weight is 450 g/mol. The van der Waals surface area contributed by atoms with Crippen LogP contribution < -0.4 is 14.8 Å². The highest BCUT2D eigenvalue weighted by Gasteiger charge is 2.20. The van der Waals surface area contributed by atoms with Crippen molar-refractivity contribution in [1.29, 1.82) is 0 Å². The van der Waals surface area contributed by atoms with Gasteiger partial charge in [-0.2, -0.15) is 0 Å². The summed E-state index contributed by atoms with van der Waals surface area (Å²) >= 11 is 0. The van der Waals surface area contributed by atoms with Crippen LogP contribution in [0.25, 0.3) is 27.8 Å². The summed E-state index contributed by atoms with van der Waals surface area (Å²) in [4.78, 5) is 17.7. The van der Waals surface area contributed by atoms with E-state index in [0.717, 1.165) is 27.8 Å². The molecule has 0 saturated carbocycles. The fourth-order valence-corrected chi connectivity index (χ4v) is 3.78. The number of fused-ring (bicyclic) bond motifs is 1. The fraction of sp³-hybridized carbons (Fsp3) is 0.0741. The van der Waals surface area contributed by atoms with E-state index < -0.39 is 5.91 Å². The minimum Gasteiger partial charge on any atom is -0.497 e. The Hall–Kier alpha value is -4.65. The monoisotopic (exact) mass is 450 g/mol. The number of anilines is 1. The number of aromatic nitrogens is 3. The number of benzene rings is 4. The number of hydrogen-bond acceptors (Lipinski definition) is 5. The minimum atomic E-state index is -0.415. The van der Waals surface area contributed by atoms with E-state index in [9.17, 15) is 4.79 Å². The SMILES string of the molecule is COc1ccc(-c2nc(C(=O)Nc3cccc(OC)c3)nn2-c2cccc3ccccc23)cc1. The first-order chi connectivity index (χ1) is 16.7. The van der Waals surface area contributed by atoms with Crippen molar-refractivity contribution in [3.05, 3.63) is 96.8 Å². The summed E-state index contributed by atoms with van der Waals surface area (Å²) in [5.41, 5.74) is 2.23. The molecule has 168 valence electrons. The highest BCUT2D eigenvalue weighted by Crippen LogP contribution is 2.28. The van der Waals surface area contributed by atoms with Crippen LogP contribution in [0.2, 0.25) is 0 Å². The van der Waals surface area contributed by atoms with Crippen LogP contribution >= 0.6 is 0 Å². The van der Waals surface area contributed by atoms with Gasteiger partial charge in [0.15, 0.2) is 5.82 Å². The van der Waals surface area contributed by atoms with Gasteiger partial charge in [-0.25, -0.2) is 9.67 Å². The van der Waals surface area contributed by atoms with Crippen molar-refractivity contribution in [2.45, 2.75) is 0 Å². The summed E-state index contributed by atoms with van der Waals surface area (Å²) in [5.74, 6) is 1.57. The van der Waals surface area contributed by atoms with Crippen LogP contribution in [0.5, 0.6) is 11.5 Å². The van der Waals surface area contributed by atoms with E-state index >= 15 is 0 Å². The predicted molar refractivity (Wildman–Crippen MR) is 132 cm³/mol. The first kappa shape index (κ1) is 21.2. The molecule has 4 aromatic carbocycles. The van der Waals surface area contributed by atoms with Crippen LogP contribution in [0, 0.1) is 0 Å². The van der Waals surface area contributed by atoms with Gasteiger partial charge in [-0.15, -0.1) is 5.10 Å². The largest absolute Gasteiger partial charge is 0.497 e. The number of hydrogen-bond donors (Lipinski definition) is 1. The van der Waals surface area contributed by atoms with Gasteiger partial charge >= 0.3 is 0 Å². The van der Waals surface area contributed by atoms with Crippen LogP contribution in [-0.2, 0) is 0 Å². The molecule has 7 nitrogen and oxygen atoms in total. The van der Waals surface area contributed by atoms with E-state index in [1.165, 1.54) is 0 Å². The number of rotatable bonds is 6. The molecule has 0 aliphatic carbocycles. The van der Waals surface area contributed by atoms with Crippen LogP contribution in [0.3, 0.4) is 0 Å². The molecule has 0 aliphatic heterocycles. The Labute approximate surface area is 196 Å². The van der Waals surface area contributed by atoms with Crippen molar-refractivity contribution in [3.8, 4) is 28.6 Å². The molecular formula is C27H22N4O3. The third-order valence-corrected chi connectivity index (χ3v) is 5.48. The van der Waals surface area contributed by atoms with Gasteiger partial charge in [0.1, 0.15) is 11.5 Å². The molecular weight excluding hydrogens is 428 g/mol. The van der Waals surface area contributed by atoms with Crippen molar-refractivity contribution in [1.82, 2.24) is 14.8 Å². The Morgan fingerprint density at radius 3 is 2.35 bits per heavy atom. The maximum absolute atomic E-state index is 13.1. The van der Waals surface area contributed by atoms with Crippen LogP contribution in [0.1, 0.15) is 10.6 Å². The highest BCUT2D eigenvalue weighted by molar-refractivity contribution is 6.02. The number of nitrogens with one attached hydrogen (secondary N) is 1. The second-order valence-corrected chi connectivity index (χ2v) is 7.58. The molecule has 0 fully saturated rings. The zero-order valence-electron chi connectivity index (χ0n) is 18.7. The van der Waals surface area contributed by atoms with Crippen molar-refractivity contribution in [2.24, 2.45) is 0 Å². The lowest BCUT2D eigenvalue weighted by molar-refractivity contribution is 0.101. The number of nitrogens with zero attached hydrogens (tertiary/aromatic N) is 3. The van der Waals surface area contributed by atoms with Crippen molar-refractivity contribution < 1.29 is 14.3 Å². The van der Waals surface area contributed by atoms with E-state index in [2.05, 4.69) is 15.4 Å². The summed E-state index contributed by atoms with van der Waals surface area (Å²) in [6.45, 7) is 0. The quantitative estimate of drug-likeness (QED) is 0.377. The Kier molecular flexibility index (Phi) is 5.66. The number of amides is 1. The molecule has 0 radical (unpaired) electrons. The summed E-state index contributed by atoms with van der Waals surface area (Å²) < 4.78 is 12.2. The molecule has 1 amide bonds. The van der Waals surface area contributed by atoms with Crippen LogP contribution in [-0.4, -0.2) is 34.9 Å². The maximum atomic E-state index is 13.1. The standard InChI is InChI=1S/C27H22N4O3/c1-33-21-15-13-19(14-16-21)26-29-25(27(32)28-20-9-6-10-22(17-20)34-2)30-31(26)24-12-5-8-18-7-3-4-11-23(18)24/h3-17H,1-2H3,(H,28,32). The van der Waals surface area contributed by atoms with E-state index in [4.69, 9.17) is 9.47 Å². The number of carbonyl (C=O) groups excluding carboxylic acids is 1. The fourth-order valence-electron chi connectivity index (χ4n) is 3.78. The second-order valence-electron chi connectivity index (χ2n) is 7.58. The van der Waals surface area contributed by atoms with Gasteiger partial charge in [0.05, 0.1) is 19.9 Å². The molecule has 0 aliphatic rings. The summed E-state index contributed by atoms with van der Waals surface area (Å²) in [5, 5.41) is 9.55. The van der Waals surface area contributed by atoms with Crippen molar-refractivity contribution in [3.63, 3.8) is 0 Å². The summed E-state index contributed by atoms with van der Waals surface area (Å²) in [6.07, 6.45) is 0. The lowest BCUT2D eigenvalue weighted by atomic mass is 10.1.